The van der Waals surface area contributed by atoms with Gasteiger partial charge in [0.1, 0.15) is 5.82 Å². The van der Waals surface area contributed by atoms with Gasteiger partial charge in [0.25, 0.3) is 0 Å². The van der Waals surface area contributed by atoms with Crippen LogP contribution < -0.4 is 5.32 Å². The molecule has 0 bridgehead atoms. The highest BCUT2D eigenvalue weighted by molar-refractivity contribution is 5.43. The van der Waals surface area contributed by atoms with Gasteiger partial charge in [0.15, 0.2) is 5.65 Å². The molecule has 7 nitrogen and oxygen atoms in total. The van der Waals surface area contributed by atoms with E-state index in [9.17, 15) is 0 Å². The van der Waals surface area contributed by atoms with Crippen molar-refractivity contribution < 1.29 is 5.11 Å². The van der Waals surface area contributed by atoms with Gasteiger partial charge in [0.2, 0.25) is 0 Å². The first-order valence-electron chi connectivity index (χ1n) is 5.05. The molecule has 0 aliphatic heterocycles. The summed E-state index contributed by atoms with van der Waals surface area (Å²) in [5.74, 6) is 0.679. The van der Waals surface area contributed by atoms with E-state index < -0.39 is 0 Å². The van der Waals surface area contributed by atoms with Crippen molar-refractivity contribution in [2.24, 2.45) is 0 Å². The predicted octanol–water partition coefficient (Wildman–Crippen LogP) is 0.0922. The number of aromatic nitrogens is 5. The summed E-state index contributed by atoms with van der Waals surface area (Å²) in [5, 5.41) is 27.3. The fourth-order valence-electron chi connectivity index (χ4n) is 1.40. The van der Waals surface area contributed by atoms with Crippen LogP contribution in [0.2, 0.25) is 0 Å². The van der Waals surface area contributed by atoms with Crippen molar-refractivity contribution in [1.82, 2.24) is 25.3 Å². The molecule has 0 unspecified atom stereocenters. The molecule has 0 aliphatic rings. The third kappa shape index (κ3) is 2.25. The Bertz CT molecular complexity index is 480. The molecule has 0 saturated carbocycles. The Kier molecular flexibility index (Phi) is 2.69. The highest BCUT2D eigenvalue weighted by Crippen LogP contribution is 2.15. The van der Waals surface area contributed by atoms with Crippen molar-refractivity contribution in [2.75, 3.05) is 11.9 Å². The fraction of sp³-hybridized carbons (Fsp3) is 0.556. The van der Waals surface area contributed by atoms with Crippen LogP contribution in [0, 0.1) is 0 Å². The summed E-state index contributed by atoms with van der Waals surface area (Å²) in [4.78, 5) is 0. The SMILES string of the molecule is CC(C)(CCO)Nc1ccc2nnnn2n1. The number of nitrogens with zero attached hydrogens (tertiary/aromatic N) is 5. The molecule has 0 saturated heterocycles. The molecule has 0 atom stereocenters. The van der Waals surface area contributed by atoms with Crippen LogP contribution in [0.25, 0.3) is 5.65 Å². The van der Waals surface area contributed by atoms with E-state index in [1.807, 2.05) is 19.9 Å². The van der Waals surface area contributed by atoms with Crippen LogP contribution in [-0.4, -0.2) is 42.5 Å². The van der Waals surface area contributed by atoms with Crippen LogP contribution in [0.5, 0.6) is 0 Å². The van der Waals surface area contributed by atoms with E-state index in [1.165, 1.54) is 4.63 Å². The van der Waals surface area contributed by atoms with E-state index in [2.05, 4.69) is 25.9 Å². The Morgan fingerprint density at radius 3 is 3.00 bits per heavy atom. The summed E-state index contributed by atoms with van der Waals surface area (Å²) >= 11 is 0. The first kappa shape index (κ1) is 10.7. The molecule has 0 radical (unpaired) electrons. The van der Waals surface area contributed by atoms with Gasteiger partial charge in [-0.3, -0.25) is 0 Å². The van der Waals surface area contributed by atoms with Crippen LogP contribution in [-0.2, 0) is 0 Å². The van der Waals surface area contributed by atoms with Gasteiger partial charge < -0.3 is 10.4 Å². The van der Waals surface area contributed by atoms with Gasteiger partial charge in [-0.15, -0.1) is 14.8 Å². The minimum absolute atomic E-state index is 0.132. The van der Waals surface area contributed by atoms with E-state index in [0.29, 0.717) is 17.9 Å². The van der Waals surface area contributed by atoms with Crippen LogP contribution in [0.15, 0.2) is 12.1 Å². The van der Waals surface area contributed by atoms with Gasteiger partial charge in [-0.2, -0.15) is 0 Å². The lowest BCUT2D eigenvalue weighted by Gasteiger charge is -2.25. The van der Waals surface area contributed by atoms with Crippen molar-refractivity contribution in [3.8, 4) is 0 Å². The quantitative estimate of drug-likeness (QED) is 0.762. The van der Waals surface area contributed by atoms with E-state index in [1.54, 1.807) is 6.07 Å². The van der Waals surface area contributed by atoms with Crippen molar-refractivity contribution in [1.29, 1.82) is 0 Å². The molecule has 0 aliphatic carbocycles. The molecule has 2 aromatic heterocycles. The number of tetrazole rings is 1. The van der Waals surface area contributed by atoms with Crippen LogP contribution in [0.1, 0.15) is 20.3 Å². The number of aliphatic hydroxyl groups excluding tert-OH is 1. The number of anilines is 1. The third-order valence-corrected chi connectivity index (χ3v) is 2.27. The fourth-order valence-corrected chi connectivity index (χ4v) is 1.40. The lowest BCUT2D eigenvalue weighted by molar-refractivity contribution is 0.260. The van der Waals surface area contributed by atoms with E-state index >= 15 is 0 Å². The molecule has 7 heteroatoms. The number of hydrogen-bond acceptors (Lipinski definition) is 6. The maximum atomic E-state index is 8.92. The normalized spacial score (nSPS) is 11.9. The molecule has 2 rings (SSSR count). The molecule has 0 aromatic carbocycles. The Morgan fingerprint density at radius 2 is 2.25 bits per heavy atom. The summed E-state index contributed by atoms with van der Waals surface area (Å²) in [6.07, 6.45) is 0.641. The van der Waals surface area contributed by atoms with Crippen LogP contribution in [0.4, 0.5) is 5.82 Å². The zero-order valence-corrected chi connectivity index (χ0v) is 9.25. The van der Waals surface area contributed by atoms with Gasteiger partial charge in [0.05, 0.1) is 0 Å². The number of rotatable bonds is 4. The predicted molar refractivity (Wildman–Crippen MR) is 58.0 cm³/mol. The molecular formula is C9H14N6O. The second-order valence-electron chi connectivity index (χ2n) is 4.23. The maximum absolute atomic E-state index is 8.92. The standard InChI is InChI=1S/C9H14N6O/c1-9(2,5-6-16)10-7-3-4-8-11-13-14-15(8)12-7/h3-4,16H,5-6H2,1-2H3,(H,10,12). The summed E-state index contributed by atoms with van der Waals surface area (Å²) < 4.78 is 1.36. The molecule has 16 heavy (non-hydrogen) atoms. The van der Waals surface area contributed by atoms with E-state index in [0.717, 1.165) is 0 Å². The topological polar surface area (TPSA) is 88.2 Å². The summed E-state index contributed by atoms with van der Waals surface area (Å²) in [7, 11) is 0. The largest absolute Gasteiger partial charge is 0.396 e. The van der Waals surface area contributed by atoms with Gasteiger partial charge in [-0.05, 0) is 42.8 Å². The molecule has 0 spiro atoms. The Labute approximate surface area is 92.5 Å². The van der Waals surface area contributed by atoms with Crippen LogP contribution in [0.3, 0.4) is 0 Å². The maximum Gasteiger partial charge on any atom is 0.200 e. The van der Waals surface area contributed by atoms with Crippen LogP contribution >= 0.6 is 0 Å². The number of aliphatic hydroxyl groups is 1. The Morgan fingerprint density at radius 1 is 1.44 bits per heavy atom. The van der Waals surface area contributed by atoms with Gasteiger partial charge in [-0.25, -0.2) is 0 Å². The lowest BCUT2D eigenvalue weighted by Crippen LogP contribution is -2.32. The second-order valence-corrected chi connectivity index (χ2v) is 4.23. The Balaban J connectivity index is 2.20. The molecule has 2 aromatic rings. The van der Waals surface area contributed by atoms with E-state index in [4.69, 9.17) is 5.11 Å². The van der Waals surface area contributed by atoms with Crippen molar-refractivity contribution in [2.45, 2.75) is 25.8 Å². The molecule has 0 amide bonds. The van der Waals surface area contributed by atoms with Crippen molar-refractivity contribution in [3.63, 3.8) is 0 Å². The monoisotopic (exact) mass is 222 g/mol. The van der Waals surface area contributed by atoms with Gasteiger partial charge >= 0.3 is 0 Å². The summed E-state index contributed by atoms with van der Waals surface area (Å²) in [6, 6.07) is 3.59. The van der Waals surface area contributed by atoms with Gasteiger partial charge in [-0.1, -0.05) is 0 Å². The summed E-state index contributed by atoms with van der Waals surface area (Å²) in [6.45, 7) is 4.12. The van der Waals surface area contributed by atoms with E-state index in [-0.39, 0.29) is 12.1 Å². The molecule has 86 valence electrons. The van der Waals surface area contributed by atoms with Gasteiger partial charge in [0, 0.05) is 12.1 Å². The lowest BCUT2D eigenvalue weighted by atomic mass is 10.0. The van der Waals surface area contributed by atoms with Crippen molar-refractivity contribution in [3.05, 3.63) is 12.1 Å². The second kappa shape index (κ2) is 4.01. The molecular weight excluding hydrogens is 208 g/mol. The average molecular weight is 222 g/mol. The Hall–Kier alpha value is -1.76. The zero-order valence-electron chi connectivity index (χ0n) is 9.25. The summed E-state index contributed by atoms with van der Waals surface area (Å²) in [5.41, 5.74) is 0.384. The smallest absolute Gasteiger partial charge is 0.200 e. The number of fused-ring (bicyclic) bond motifs is 1. The third-order valence-electron chi connectivity index (χ3n) is 2.27. The minimum Gasteiger partial charge on any atom is -0.396 e. The first-order chi connectivity index (χ1) is 7.61. The highest BCUT2D eigenvalue weighted by Gasteiger charge is 2.17. The average Bonchev–Trinajstić information content (AvgIpc) is 2.63. The minimum atomic E-state index is -0.219. The first-order valence-corrected chi connectivity index (χ1v) is 5.05. The molecule has 2 N–H and O–H groups in total. The highest BCUT2D eigenvalue weighted by atomic mass is 16.3. The molecule has 2 heterocycles. The van der Waals surface area contributed by atoms with Crippen molar-refractivity contribution >= 4 is 11.5 Å². The zero-order chi connectivity index (χ0) is 11.6. The molecule has 0 fully saturated rings. The number of hydrogen-bond donors (Lipinski definition) is 2. The number of nitrogens with one attached hydrogen (secondary N) is 1.